The number of aryl methyl sites for hydroxylation is 1. The molecular weight excluding hydrogens is 463 g/mol. The molecule has 2 atom stereocenters. The predicted octanol–water partition coefficient (Wildman–Crippen LogP) is 2.66. The zero-order chi connectivity index (χ0) is 25.3. The van der Waals surface area contributed by atoms with Crippen LogP contribution >= 0.6 is 0 Å². The molecule has 2 aromatic rings. The first-order valence-corrected chi connectivity index (χ1v) is 11.6. The van der Waals surface area contributed by atoms with Gasteiger partial charge in [0.25, 0.3) is 5.91 Å². The van der Waals surface area contributed by atoms with Crippen molar-refractivity contribution in [2.24, 2.45) is 24.8 Å². The molecule has 1 saturated carbocycles. The maximum absolute atomic E-state index is 13.2. The highest BCUT2D eigenvalue weighted by atomic mass is 19.4. The maximum atomic E-state index is 13.2. The first-order chi connectivity index (χ1) is 16.5. The molecule has 2 unspecified atom stereocenters. The van der Waals surface area contributed by atoms with Crippen molar-refractivity contribution >= 4 is 11.8 Å². The fourth-order valence-electron chi connectivity index (χ4n) is 4.93. The Balaban J connectivity index is 1.42. The van der Waals surface area contributed by atoms with E-state index in [4.69, 9.17) is 0 Å². The molecule has 190 valence electrons. The summed E-state index contributed by atoms with van der Waals surface area (Å²) < 4.78 is 43.6. The first kappa shape index (κ1) is 25.0. The van der Waals surface area contributed by atoms with Gasteiger partial charge in [-0.15, -0.1) is 13.2 Å². The SMILES string of the molecule is CC(C)NC(=O)CN1CC2C(C1)C2CN(Cc1cccc(OC(F)(F)F)c1)C(=O)c1cn(C)cn1. The minimum atomic E-state index is -4.79. The van der Waals surface area contributed by atoms with Crippen molar-refractivity contribution in [2.75, 3.05) is 26.2 Å². The lowest BCUT2D eigenvalue weighted by Crippen LogP contribution is -2.41. The summed E-state index contributed by atoms with van der Waals surface area (Å²) in [7, 11) is 1.77. The smallest absolute Gasteiger partial charge is 0.406 e. The topological polar surface area (TPSA) is 79.7 Å². The van der Waals surface area contributed by atoms with E-state index in [2.05, 4.69) is 19.9 Å². The van der Waals surface area contributed by atoms with Gasteiger partial charge in [0.2, 0.25) is 5.91 Å². The molecule has 1 saturated heterocycles. The third-order valence-corrected chi connectivity index (χ3v) is 6.41. The molecule has 2 heterocycles. The van der Waals surface area contributed by atoms with Crippen LogP contribution in [0.1, 0.15) is 29.9 Å². The van der Waals surface area contributed by atoms with Crippen LogP contribution in [0.15, 0.2) is 36.8 Å². The van der Waals surface area contributed by atoms with Crippen LogP contribution < -0.4 is 10.1 Å². The third kappa shape index (κ3) is 6.53. The van der Waals surface area contributed by atoms with Gasteiger partial charge < -0.3 is 19.5 Å². The number of rotatable bonds is 9. The number of nitrogens with zero attached hydrogens (tertiary/aromatic N) is 4. The van der Waals surface area contributed by atoms with Gasteiger partial charge in [-0.2, -0.15) is 0 Å². The fraction of sp³-hybridized carbons (Fsp3) is 0.542. The van der Waals surface area contributed by atoms with E-state index in [9.17, 15) is 22.8 Å². The lowest BCUT2D eigenvalue weighted by molar-refractivity contribution is -0.274. The monoisotopic (exact) mass is 493 g/mol. The van der Waals surface area contributed by atoms with E-state index in [0.29, 0.717) is 30.5 Å². The number of benzene rings is 1. The molecule has 1 aromatic carbocycles. The normalized spacial score (nSPS) is 21.6. The molecule has 0 spiro atoms. The van der Waals surface area contributed by atoms with Crippen LogP contribution in [0.2, 0.25) is 0 Å². The number of nitrogens with one attached hydrogen (secondary N) is 1. The van der Waals surface area contributed by atoms with Gasteiger partial charge in [-0.1, -0.05) is 12.1 Å². The van der Waals surface area contributed by atoms with Gasteiger partial charge in [-0.25, -0.2) is 4.98 Å². The van der Waals surface area contributed by atoms with Gasteiger partial charge in [-0.05, 0) is 49.3 Å². The van der Waals surface area contributed by atoms with Crippen LogP contribution in [0, 0.1) is 17.8 Å². The zero-order valence-electron chi connectivity index (χ0n) is 20.0. The highest BCUT2D eigenvalue weighted by Crippen LogP contribution is 2.52. The van der Waals surface area contributed by atoms with E-state index in [1.165, 1.54) is 24.5 Å². The van der Waals surface area contributed by atoms with Crippen molar-refractivity contribution in [2.45, 2.75) is 32.8 Å². The van der Waals surface area contributed by atoms with Gasteiger partial charge in [-0.3, -0.25) is 14.5 Å². The molecular formula is C24H30F3N5O3. The van der Waals surface area contributed by atoms with Crippen LogP contribution in [0.5, 0.6) is 5.75 Å². The number of carbonyl (C=O) groups excluding carboxylic acids is 2. The fourth-order valence-corrected chi connectivity index (χ4v) is 4.93. The van der Waals surface area contributed by atoms with Crippen molar-refractivity contribution in [3.63, 3.8) is 0 Å². The summed E-state index contributed by atoms with van der Waals surface area (Å²) in [5, 5.41) is 2.90. The van der Waals surface area contributed by atoms with E-state index in [1.54, 1.807) is 28.8 Å². The number of hydrogen-bond acceptors (Lipinski definition) is 5. The van der Waals surface area contributed by atoms with Gasteiger partial charge in [0.1, 0.15) is 11.4 Å². The van der Waals surface area contributed by atoms with Crippen LogP contribution in [0.3, 0.4) is 0 Å². The Kier molecular flexibility index (Phi) is 7.07. The lowest BCUT2D eigenvalue weighted by Gasteiger charge is -2.25. The van der Waals surface area contributed by atoms with E-state index in [1.807, 2.05) is 13.8 Å². The molecule has 35 heavy (non-hydrogen) atoms. The molecule has 8 nitrogen and oxygen atoms in total. The van der Waals surface area contributed by atoms with Crippen LogP contribution in [-0.4, -0.2) is 69.7 Å². The Hall–Kier alpha value is -3.08. The Labute approximate surface area is 202 Å². The van der Waals surface area contributed by atoms with Gasteiger partial charge in [0.15, 0.2) is 0 Å². The molecule has 4 rings (SSSR count). The molecule has 2 aliphatic rings. The average Bonchev–Trinajstić information content (AvgIpc) is 3.06. The number of piperidine rings is 1. The average molecular weight is 494 g/mol. The van der Waals surface area contributed by atoms with E-state index >= 15 is 0 Å². The first-order valence-electron chi connectivity index (χ1n) is 11.6. The molecule has 0 radical (unpaired) electrons. The number of likely N-dealkylation sites (tertiary alicyclic amines) is 1. The molecule has 1 aromatic heterocycles. The van der Waals surface area contributed by atoms with Gasteiger partial charge >= 0.3 is 6.36 Å². The summed E-state index contributed by atoms with van der Waals surface area (Å²) in [6, 6.07) is 5.78. The molecule has 2 amide bonds. The highest BCUT2D eigenvalue weighted by molar-refractivity contribution is 5.92. The molecule has 1 N–H and O–H groups in total. The number of hydrogen-bond donors (Lipinski definition) is 1. The van der Waals surface area contributed by atoms with E-state index < -0.39 is 6.36 Å². The lowest BCUT2D eigenvalue weighted by atomic mass is 10.1. The summed E-state index contributed by atoms with van der Waals surface area (Å²) in [4.78, 5) is 33.2. The summed E-state index contributed by atoms with van der Waals surface area (Å²) in [6.45, 7) is 6.41. The second-order valence-corrected chi connectivity index (χ2v) is 9.71. The molecule has 2 fully saturated rings. The van der Waals surface area contributed by atoms with E-state index in [0.717, 1.165) is 13.1 Å². The number of amides is 2. The highest BCUT2D eigenvalue weighted by Gasteiger charge is 2.56. The summed E-state index contributed by atoms with van der Waals surface area (Å²) in [5.41, 5.74) is 0.821. The van der Waals surface area contributed by atoms with Crippen LogP contribution in [-0.2, 0) is 18.4 Å². The standard InChI is InChI=1S/C24H30F3N5O3/c1-15(2)29-22(33)13-31-9-18-19(10-31)20(18)11-32(23(34)21-12-30(3)14-28-21)8-16-5-4-6-17(7-16)35-24(25,26)27/h4-7,12,14-15,18-20H,8-11,13H2,1-3H3,(H,29,33). The maximum Gasteiger partial charge on any atom is 0.573 e. The number of carbonyl (C=O) groups is 2. The molecule has 11 heteroatoms. The third-order valence-electron chi connectivity index (χ3n) is 6.41. The van der Waals surface area contributed by atoms with Crippen molar-refractivity contribution in [3.8, 4) is 5.75 Å². The Bertz CT molecular complexity index is 1060. The van der Waals surface area contributed by atoms with Crippen molar-refractivity contribution < 1.29 is 27.5 Å². The van der Waals surface area contributed by atoms with Gasteiger partial charge in [0.05, 0.1) is 12.9 Å². The molecule has 1 aliphatic heterocycles. The predicted molar refractivity (Wildman–Crippen MR) is 121 cm³/mol. The number of fused-ring (bicyclic) bond motifs is 1. The number of ether oxygens (including phenoxy) is 1. The Morgan fingerprint density at radius 2 is 1.97 bits per heavy atom. The second-order valence-electron chi connectivity index (χ2n) is 9.71. The van der Waals surface area contributed by atoms with Gasteiger partial charge in [0, 0.05) is 45.5 Å². The quantitative estimate of drug-likeness (QED) is 0.581. The zero-order valence-corrected chi connectivity index (χ0v) is 20.0. The Morgan fingerprint density at radius 1 is 1.26 bits per heavy atom. The molecule has 0 bridgehead atoms. The Morgan fingerprint density at radius 3 is 2.57 bits per heavy atom. The number of aromatic nitrogens is 2. The largest absolute Gasteiger partial charge is 0.573 e. The summed E-state index contributed by atoms with van der Waals surface area (Å²) in [5.74, 6) is 0.471. The van der Waals surface area contributed by atoms with Crippen molar-refractivity contribution in [3.05, 3.63) is 48.0 Å². The number of halogens is 3. The van der Waals surface area contributed by atoms with Crippen LogP contribution in [0.4, 0.5) is 13.2 Å². The second kappa shape index (κ2) is 9.88. The molecule has 1 aliphatic carbocycles. The summed E-state index contributed by atoms with van der Waals surface area (Å²) in [6.07, 6.45) is -1.62. The summed E-state index contributed by atoms with van der Waals surface area (Å²) >= 11 is 0. The van der Waals surface area contributed by atoms with Crippen molar-refractivity contribution in [1.29, 1.82) is 0 Å². The van der Waals surface area contributed by atoms with Crippen LogP contribution in [0.25, 0.3) is 0 Å². The number of alkyl halides is 3. The number of imidazole rings is 1. The minimum absolute atomic E-state index is 0.00534. The minimum Gasteiger partial charge on any atom is -0.406 e. The van der Waals surface area contributed by atoms with Crippen molar-refractivity contribution in [1.82, 2.24) is 24.7 Å². The van der Waals surface area contributed by atoms with E-state index in [-0.39, 0.29) is 41.8 Å².